The smallest absolute Gasteiger partial charge is 0.225 e. The number of aromatic nitrogens is 1. The normalized spacial score (nSPS) is 26.3. The highest BCUT2D eigenvalue weighted by Gasteiger charge is 2.50. The van der Waals surface area contributed by atoms with Gasteiger partial charge in [-0.3, -0.25) is 24.4 Å². The van der Waals surface area contributed by atoms with E-state index in [1.165, 1.54) is 19.3 Å². The highest BCUT2D eigenvalue weighted by molar-refractivity contribution is 5.83. The van der Waals surface area contributed by atoms with Crippen LogP contribution < -0.4 is 0 Å². The molecule has 2 aliphatic carbocycles. The van der Waals surface area contributed by atoms with Crippen molar-refractivity contribution >= 4 is 11.7 Å². The Morgan fingerprint density at radius 3 is 2.19 bits per heavy atom. The van der Waals surface area contributed by atoms with Crippen LogP contribution in [0.5, 0.6) is 0 Å². The standard InChI is InChI=1S/C25H36N4O2/c1-19(30)23(20-5-9-26-10-6-20)28-11-7-25(8-12-28)17-21(18-25)24(31)29-15-13-27(14-16-29)22-3-2-4-22/h5-6,9-10,21-23H,2-4,7-8,11-18H2,1H3. The van der Waals surface area contributed by atoms with Crippen LogP contribution in [0.3, 0.4) is 0 Å². The number of nitrogens with zero attached hydrogens (tertiary/aromatic N) is 4. The molecule has 1 spiro atoms. The summed E-state index contributed by atoms with van der Waals surface area (Å²) in [5.74, 6) is 0.829. The van der Waals surface area contributed by atoms with E-state index in [0.29, 0.717) is 11.3 Å². The molecule has 2 saturated carbocycles. The second kappa shape index (κ2) is 8.62. The fraction of sp³-hybridized carbons (Fsp3) is 0.720. The highest BCUT2D eigenvalue weighted by atomic mass is 16.2. The quantitative estimate of drug-likeness (QED) is 0.728. The molecule has 2 saturated heterocycles. The molecule has 6 heteroatoms. The number of amides is 1. The maximum Gasteiger partial charge on any atom is 0.225 e. The van der Waals surface area contributed by atoms with Crippen LogP contribution in [-0.2, 0) is 9.59 Å². The third-order valence-electron chi connectivity index (χ3n) is 8.56. The zero-order valence-electron chi connectivity index (χ0n) is 18.8. The first kappa shape index (κ1) is 21.1. The molecule has 3 heterocycles. The largest absolute Gasteiger partial charge is 0.340 e. The molecule has 0 N–H and O–H groups in total. The maximum atomic E-state index is 13.1. The lowest BCUT2D eigenvalue weighted by atomic mass is 9.57. The molecule has 0 radical (unpaired) electrons. The van der Waals surface area contributed by atoms with Crippen LogP contribution in [0.2, 0.25) is 0 Å². The third kappa shape index (κ3) is 4.17. The van der Waals surface area contributed by atoms with Gasteiger partial charge in [-0.25, -0.2) is 0 Å². The van der Waals surface area contributed by atoms with Crippen LogP contribution in [-0.4, -0.2) is 76.7 Å². The van der Waals surface area contributed by atoms with Crippen molar-refractivity contribution in [2.45, 2.75) is 64.0 Å². The number of carbonyl (C=O) groups is 2. The molecular formula is C25H36N4O2. The average Bonchev–Trinajstić information content (AvgIpc) is 2.72. The zero-order valence-corrected chi connectivity index (χ0v) is 18.8. The predicted octanol–water partition coefficient (Wildman–Crippen LogP) is 2.90. The van der Waals surface area contributed by atoms with E-state index in [1.807, 2.05) is 12.1 Å². The summed E-state index contributed by atoms with van der Waals surface area (Å²) in [6.45, 7) is 7.52. The van der Waals surface area contributed by atoms with Gasteiger partial charge in [0.25, 0.3) is 0 Å². The minimum atomic E-state index is -0.162. The first-order valence-corrected chi connectivity index (χ1v) is 12.2. The van der Waals surface area contributed by atoms with E-state index in [-0.39, 0.29) is 17.7 Å². The minimum absolute atomic E-state index is 0.162. The van der Waals surface area contributed by atoms with E-state index >= 15 is 0 Å². The van der Waals surface area contributed by atoms with Gasteiger partial charge in [-0.05, 0) is 81.6 Å². The fourth-order valence-electron chi connectivity index (χ4n) is 6.39. The molecule has 1 amide bonds. The number of hydrogen-bond acceptors (Lipinski definition) is 5. The van der Waals surface area contributed by atoms with E-state index in [2.05, 4.69) is 19.7 Å². The van der Waals surface area contributed by atoms with Crippen LogP contribution in [0.15, 0.2) is 24.5 Å². The van der Waals surface area contributed by atoms with Gasteiger partial charge in [-0.1, -0.05) is 6.42 Å². The van der Waals surface area contributed by atoms with Crippen molar-refractivity contribution < 1.29 is 9.59 Å². The number of ketones is 1. The SMILES string of the molecule is CC(=O)C(c1ccncc1)N1CCC2(CC1)CC(C(=O)N1CCN(C3CCC3)CC1)C2. The summed E-state index contributed by atoms with van der Waals surface area (Å²) >= 11 is 0. The number of likely N-dealkylation sites (tertiary alicyclic amines) is 1. The molecule has 168 valence electrons. The Balaban J connectivity index is 1.11. The monoisotopic (exact) mass is 424 g/mol. The Labute approximate surface area is 186 Å². The molecule has 5 rings (SSSR count). The summed E-state index contributed by atoms with van der Waals surface area (Å²) in [6.07, 6.45) is 11.9. The molecule has 31 heavy (non-hydrogen) atoms. The summed E-state index contributed by atoms with van der Waals surface area (Å²) in [7, 11) is 0. The van der Waals surface area contributed by atoms with Crippen molar-refractivity contribution in [3.63, 3.8) is 0 Å². The van der Waals surface area contributed by atoms with Crippen LogP contribution in [0.4, 0.5) is 0 Å². The predicted molar refractivity (Wildman–Crippen MR) is 119 cm³/mol. The topological polar surface area (TPSA) is 56.8 Å². The first-order valence-electron chi connectivity index (χ1n) is 12.2. The minimum Gasteiger partial charge on any atom is -0.340 e. The van der Waals surface area contributed by atoms with E-state index in [0.717, 1.165) is 76.6 Å². The van der Waals surface area contributed by atoms with Gasteiger partial charge in [0.2, 0.25) is 5.91 Å². The summed E-state index contributed by atoms with van der Waals surface area (Å²) in [5.41, 5.74) is 1.37. The zero-order chi connectivity index (χ0) is 21.4. The number of pyridine rings is 1. The van der Waals surface area contributed by atoms with Crippen molar-refractivity contribution in [3.8, 4) is 0 Å². The second-order valence-electron chi connectivity index (χ2n) is 10.4. The van der Waals surface area contributed by atoms with Crippen LogP contribution in [0.1, 0.15) is 63.5 Å². The number of carbonyl (C=O) groups excluding carboxylic acids is 2. The number of rotatable bonds is 5. The van der Waals surface area contributed by atoms with E-state index in [1.54, 1.807) is 19.3 Å². The second-order valence-corrected chi connectivity index (χ2v) is 10.4. The molecule has 6 nitrogen and oxygen atoms in total. The molecule has 1 aromatic rings. The Hall–Kier alpha value is -1.79. The lowest BCUT2D eigenvalue weighted by molar-refractivity contribution is -0.148. The van der Waals surface area contributed by atoms with E-state index in [9.17, 15) is 9.59 Å². The molecule has 4 fully saturated rings. The molecule has 0 bridgehead atoms. The molecule has 1 atom stereocenters. The summed E-state index contributed by atoms with van der Waals surface area (Å²) in [4.78, 5) is 36.6. The maximum absolute atomic E-state index is 13.1. The van der Waals surface area contributed by atoms with Gasteiger partial charge >= 0.3 is 0 Å². The number of piperidine rings is 1. The number of piperazine rings is 1. The lowest BCUT2D eigenvalue weighted by Crippen LogP contribution is -2.57. The van der Waals surface area contributed by atoms with Crippen molar-refractivity contribution in [1.29, 1.82) is 0 Å². The summed E-state index contributed by atoms with van der Waals surface area (Å²) < 4.78 is 0. The molecule has 1 unspecified atom stereocenters. The number of Topliss-reactive ketones (excluding diaryl/α,β-unsaturated/α-hetero) is 1. The van der Waals surface area contributed by atoms with Crippen molar-refractivity contribution in [1.82, 2.24) is 19.7 Å². The molecule has 4 aliphatic rings. The Morgan fingerprint density at radius 2 is 1.65 bits per heavy atom. The van der Waals surface area contributed by atoms with Gasteiger partial charge < -0.3 is 4.90 Å². The molecule has 1 aromatic heterocycles. The van der Waals surface area contributed by atoms with Gasteiger partial charge in [0, 0.05) is 50.5 Å². The van der Waals surface area contributed by atoms with Crippen LogP contribution in [0, 0.1) is 11.3 Å². The Morgan fingerprint density at radius 1 is 1.00 bits per heavy atom. The Bertz CT molecular complexity index is 785. The first-order chi connectivity index (χ1) is 15.0. The third-order valence-corrected chi connectivity index (χ3v) is 8.56. The fourth-order valence-corrected chi connectivity index (χ4v) is 6.39. The van der Waals surface area contributed by atoms with Crippen LogP contribution in [0.25, 0.3) is 0 Å². The van der Waals surface area contributed by atoms with Gasteiger partial charge in [0.05, 0.1) is 6.04 Å². The van der Waals surface area contributed by atoms with Gasteiger partial charge in [-0.2, -0.15) is 0 Å². The van der Waals surface area contributed by atoms with Gasteiger partial charge in [0.15, 0.2) is 5.78 Å². The summed E-state index contributed by atoms with van der Waals surface area (Å²) in [5, 5.41) is 0. The Kier molecular flexibility index (Phi) is 5.86. The molecule has 0 aromatic carbocycles. The highest BCUT2D eigenvalue weighted by Crippen LogP contribution is 2.53. The van der Waals surface area contributed by atoms with Crippen molar-refractivity contribution in [3.05, 3.63) is 30.1 Å². The van der Waals surface area contributed by atoms with E-state index < -0.39 is 0 Å². The average molecular weight is 425 g/mol. The number of hydrogen-bond donors (Lipinski definition) is 0. The van der Waals surface area contributed by atoms with Crippen molar-refractivity contribution in [2.75, 3.05) is 39.3 Å². The summed E-state index contributed by atoms with van der Waals surface area (Å²) in [6, 6.07) is 4.54. The van der Waals surface area contributed by atoms with Crippen LogP contribution >= 0.6 is 0 Å². The van der Waals surface area contributed by atoms with Crippen molar-refractivity contribution in [2.24, 2.45) is 11.3 Å². The van der Waals surface area contributed by atoms with Gasteiger partial charge in [-0.15, -0.1) is 0 Å². The molecule has 2 aliphatic heterocycles. The van der Waals surface area contributed by atoms with E-state index in [4.69, 9.17) is 0 Å². The van der Waals surface area contributed by atoms with Gasteiger partial charge in [0.1, 0.15) is 0 Å². The molecular weight excluding hydrogens is 388 g/mol. The lowest BCUT2D eigenvalue weighted by Gasteiger charge is -2.53.